The number of anilines is 2. The number of imide groups is 1. The van der Waals surface area contributed by atoms with E-state index in [-0.39, 0.29) is 17.2 Å². The Bertz CT molecular complexity index is 1750. The van der Waals surface area contributed by atoms with Crippen molar-refractivity contribution in [3.05, 3.63) is 65.1 Å². The smallest absolute Gasteiger partial charge is 0.425 e. The van der Waals surface area contributed by atoms with E-state index in [2.05, 4.69) is 20.4 Å². The molecule has 274 valence electrons. The van der Waals surface area contributed by atoms with Crippen LogP contribution in [0.15, 0.2) is 42.5 Å². The Morgan fingerprint density at radius 3 is 2.00 bits per heavy atom. The first-order valence-corrected chi connectivity index (χ1v) is 16.1. The molecule has 51 heavy (non-hydrogen) atoms. The summed E-state index contributed by atoms with van der Waals surface area (Å²) in [6.07, 6.45) is -3.78. The third-order valence-corrected chi connectivity index (χ3v) is 7.37. The van der Waals surface area contributed by atoms with Crippen molar-refractivity contribution in [1.82, 2.24) is 20.0 Å². The summed E-state index contributed by atoms with van der Waals surface area (Å²) in [6.45, 7) is 13.5. The first-order valence-electron chi connectivity index (χ1n) is 16.1. The molecule has 1 unspecified atom stereocenters. The predicted octanol–water partition coefficient (Wildman–Crippen LogP) is 5.48. The highest BCUT2D eigenvalue weighted by Gasteiger charge is 2.37. The van der Waals surface area contributed by atoms with Gasteiger partial charge in [-0.2, -0.15) is 4.90 Å². The molecule has 1 fully saturated rings. The lowest BCUT2D eigenvalue weighted by molar-refractivity contribution is 0.0424. The van der Waals surface area contributed by atoms with Crippen LogP contribution in [0.5, 0.6) is 17.2 Å². The molecule has 4 rings (SSSR count). The van der Waals surface area contributed by atoms with Gasteiger partial charge in [0.2, 0.25) is 5.82 Å². The summed E-state index contributed by atoms with van der Waals surface area (Å²) in [7, 11) is 1.99. The molecule has 4 amide bonds. The van der Waals surface area contributed by atoms with Crippen molar-refractivity contribution in [3.8, 4) is 17.2 Å². The van der Waals surface area contributed by atoms with Gasteiger partial charge in [-0.05, 0) is 91.9 Å². The van der Waals surface area contributed by atoms with E-state index in [9.17, 15) is 33.8 Å². The van der Waals surface area contributed by atoms with Crippen molar-refractivity contribution in [2.75, 3.05) is 43.4 Å². The molecular formula is C35H43FN6O9. The number of rotatable bonds is 7. The van der Waals surface area contributed by atoms with Gasteiger partial charge in [-0.15, -0.1) is 10.2 Å². The number of hydrogen-bond donors (Lipinski definition) is 3. The van der Waals surface area contributed by atoms with Gasteiger partial charge in [-0.3, -0.25) is 9.59 Å². The molecule has 2 heterocycles. The highest BCUT2D eigenvalue weighted by Crippen LogP contribution is 2.39. The summed E-state index contributed by atoms with van der Waals surface area (Å²) in [4.78, 5) is 57.6. The van der Waals surface area contributed by atoms with Crippen LogP contribution in [0.1, 0.15) is 81.0 Å². The molecule has 1 aliphatic rings. The lowest BCUT2D eigenvalue weighted by Crippen LogP contribution is -2.47. The van der Waals surface area contributed by atoms with Crippen molar-refractivity contribution >= 4 is 35.5 Å². The number of piperazine rings is 1. The van der Waals surface area contributed by atoms with Gasteiger partial charge in [0.15, 0.2) is 23.0 Å². The first-order chi connectivity index (χ1) is 23.7. The van der Waals surface area contributed by atoms with E-state index >= 15 is 0 Å². The number of carbonyl (C=O) groups is 4. The number of amides is 4. The highest BCUT2D eigenvalue weighted by atomic mass is 19.1. The lowest BCUT2D eigenvalue weighted by Gasteiger charge is -2.32. The van der Waals surface area contributed by atoms with Gasteiger partial charge in [-0.25, -0.2) is 14.0 Å². The van der Waals surface area contributed by atoms with E-state index in [1.165, 1.54) is 6.92 Å². The summed E-state index contributed by atoms with van der Waals surface area (Å²) in [5, 5.41) is 31.4. The maximum atomic E-state index is 14.3. The zero-order chi connectivity index (χ0) is 37.8. The Hall–Kier alpha value is -5.51. The number of halogens is 1. The number of aromatic hydroxyl groups is 2. The van der Waals surface area contributed by atoms with Crippen LogP contribution >= 0.6 is 0 Å². The topological polar surface area (TPSA) is 184 Å². The van der Waals surface area contributed by atoms with E-state index in [4.69, 9.17) is 14.2 Å². The molecule has 2 aromatic carbocycles. The van der Waals surface area contributed by atoms with E-state index < -0.39 is 64.3 Å². The second-order valence-corrected chi connectivity index (χ2v) is 13.9. The van der Waals surface area contributed by atoms with E-state index in [0.29, 0.717) is 29.2 Å². The summed E-state index contributed by atoms with van der Waals surface area (Å²) < 4.78 is 31.1. The number of nitrogens with zero attached hydrogens (tertiary/aromatic N) is 5. The Morgan fingerprint density at radius 1 is 0.882 bits per heavy atom. The molecule has 16 heteroatoms. The second-order valence-electron chi connectivity index (χ2n) is 13.9. The number of aromatic nitrogens is 2. The fraction of sp³-hybridized carbons (Fsp3) is 0.429. The standard InChI is InChI=1S/C35H43FN6O9/c1-20(27-25(43)14-13-23(36)28(27)44)49-26-19-24(38-39-29(26)42(32(47)50-34(2,3)4)33(48)51-35(5,6)7)30(45)37-22-11-9-21(10-12-22)31(46)41-17-15-40(8)16-18-41/h9-14,19-20,43-44H,15-18H2,1-8H3,(H,37,45). The van der Waals surface area contributed by atoms with Gasteiger partial charge in [0.25, 0.3) is 11.8 Å². The maximum absolute atomic E-state index is 14.3. The number of hydrogen-bond acceptors (Lipinski definition) is 12. The Labute approximate surface area is 294 Å². The number of likely N-dealkylation sites (N-methyl/N-ethyl adjacent to an activating group) is 1. The molecule has 1 aromatic heterocycles. The fourth-order valence-electron chi connectivity index (χ4n) is 4.89. The average Bonchev–Trinajstić information content (AvgIpc) is 3.02. The molecule has 0 saturated carbocycles. The van der Waals surface area contributed by atoms with E-state index in [0.717, 1.165) is 31.3 Å². The Morgan fingerprint density at radius 2 is 1.45 bits per heavy atom. The summed E-state index contributed by atoms with van der Waals surface area (Å²) in [5.74, 6) is -4.38. The van der Waals surface area contributed by atoms with Gasteiger partial charge in [-0.1, -0.05) is 0 Å². The molecule has 0 aliphatic carbocycles. The largest absolute Gasteiger partial charge is 0.507 e. The monoisotopic (exact) mass is 710 g/mol. The lowest BCUT2D eigenvalue weighted by atomic mass is 10.1. The van der Waals surface area contributed by atoms with E-state index in [1.807, 2.05) is 7.05 Å². The van der Waals surface area contributed by atoms with Gasteiger partial charge in [0.05, 0.1) is 5.56 Å². The molecule has 0 bridgehead atoms. The van der Waals surface area contributed by atoms with Gasteiger partial charge < -0.3 is 39.5 Å². The van der Waals surface area contributed by atoms with E-state index in [1.54, 1.807) is 70.7 Å². The molecule has 3 N–H and O–H groups in total. The van der Waals surface area contributed by atoms with Crippen LogP contribution in [0, 0.1) is 5.82 Å². The first kappa shape index (κ1) is 38.3. The number of phenols is 2. The van der Waals surface area contributed by atoms with Crippen LogP contribution in [0.4, 0.5) is 25.5 Å². The Balaban J connectivity index is 1.70. The van der Waals surface area contributed by atoms with Crippen molar-refractivity contribution in [3.63, 3.8) is 0 Å². The molecule has 0 spiro atoms. The number of phenolic OH excluding ortho intramolecular Hbond substituents is 2. The Kier molecular flexibility index (Phi) is 11.4. The third-order valence-electron chi connectivity index (χ3n) is 7.37. The normalized spacial score (nSPS) is 14.3. The minimum atomic E-state index is -1.34. The molecule has 1 aliphatic heterocycles. The summed E-state index contributed by atoms with van der Waals surface area (Å²) >= 11 is 0. The number of nitrogens with one attached hydrogen (secondary N) is 1. The van der Waals surface area contributed by atoms with Crippen LogP contribution in [0.25, 0.3) is 0 Å². The quantitative estimate of drug-likeness (QED) is 0.281. The molecule has 3 aromatic rings. The maximum Gasteiger partial charge on any atom is 0.425 e. The summed E-state index contributed by atoms with van der Waals surface area (Å²) in [6, 6.07) is 9.18. The number of carbonyl (C=O) groups excluding carboxylic acids is 4. The van der Waals surface area contributed by atoms with Crippen LogP contribution in [0.2, 0.25) is 0 Å². The second kappa shape index (κ2) is 15.2. The zero-order valence-electron chi connectivity index (χ0n) is 29.8. The van der Waals surface area contributed by atoms with Crippen molar-refractivity contribution in [2.24, 2.45) is 0 Å². The van der Waals surface area contributed by atoms with Crippen LogP contribution in [0.3, 0.4) is 0 Å². The SMILES string of the molecule is CC(Oc1cc(C(=O)Nc2ccc(C(=O)N3CCN(C)CC3)cc2)nnc1N(C(=O)OC(C)(C)C)C(=O)OC(C)(C)C)c1c(O)ccc(F)c1O. The minimum absolute atomic E-state index is 0.131. The molecule has 0 radical (unpaired) electrons. The predicted molar refractivity (Wildman–Crippen MR) is 184 cm³/mol. The zero-order valence-corrected chi connectivity index (χ0v) is 29.8. The highest BCUT2D eigenvalue weighted by molar-refractivity contribution is 6.10. The average molecular weight is 711 g/mol. The summed E-state index contributed by atoms with van der Waals surface area (Å²) in [5.41, 5.74) is -2.11. The molecular weight excluding hydrogens is 667 g/mol. The van der Waals surface area contributed by atoms with Crippen LogP contribution < -0.4 is 15.0 Å². The van der Waals surface area contributed by atoms with Crippen LogP contribution in [-0.2, 0) is 9.47 Å². The molecule has 1 saturated heterocycles. The number of benzene rings is 2. The number of ether oxygens (including phenoxy) is 3. The van der Waals surface area contributed by atoms with Gasteiger partial charge >= 0.3 is 12.2 Å². The van der Waals surface area contributed by atoms with Gasteiger partial charge in [0, 0.05) is 43.5 Å². The van der Waals surface area contributed by atoms with Crippen molar-refractivity contribution in [1.29, 1.82) is 0 Å². The van der Waals surface area contributed by atoms with Gasteiger partial charge in [0.1, 0.15) is 23.1 Å². The van der Waals surface area contributed by atoms with Crippen molar-refractivity contribution < 1.29 is 48.0 Å². The minimum Gasteiger partial charge on any atom is -0.507 e. The molecule has 15 nitrogen and oxygen atoms in total. The fourth-order valence-corrected chi connectivity index (χ4v) is 4.89. The van der Waals surface area contributed by atoms with Crippen molar-refractivity contribution in [2.45, 2.75) is 65.8 Å². The van der Waals surface area contributed by atoms with Crippen LogP contribution in [-0.4, -0.2) is 98.6 Å². The molecule has 1 atom stereocenters. The third kappa shape index (κ3) is 9.81.